The molecular weight excluding hydrogens is 311 g/mol. The van der Waals surface area contributed by atoms with Crippen molar-refractivity contribution in [1.29, 1.82) is 0 Å². The van der Waals surface area contributed by atoms with E-state index in [9.17, 15) is 4.39 Å². The molecule has 0 aliphatic heterocycles. The van der Waals surface area contributed by atoms with Crippen LogP contribution >= 0.6 is 11.6 Å². The molecule has 1 heterocycles. The maximum absolute atomic E-state index is 13.4. The predicted octanol–water partition coefficient (Wildman–Crippen LogP) is 5.92. The molecule has 0 radical (unpaired) electrons. The van der Waals surface area contributed by atoms with Gasteiger partial charge in [-0.2, -0.15) is 0 Å². The van der Waals surface area contributed by atoms with E-state index >= 15 is 0 Å². The fourth-order valence-electron chi connectivity index (χ4n) is 2.69. The van der Waals surface area contributed by atoms with Gasteiger partial charge in [-0.3, -0.25) is 0 Å². The molecule has 0 fully saturated rings. The number of hydrogen-bond acceptors (Lipinski definition) is 2. The molecule has 23 heavy (non-hydrogen) atoms. The molecule has 1 aromatic heterocycles. The van der Waals surface area contributed by atoms with Crippen LogP contribution in [0.5, 0.6) is 0 Å². The third kappa shape index (κ3) is 2.49. The highest BCUT2D eigenvalue weighted by atomic mass is 35.5. The lowest BCUT2D eigenvalue weighted by Crippen LogP contribution is -1.95. The van der Waals surface area contributed by atoms with Crippen LogP contribution in [0.15, 0.2) is 66.7 Å². The Balaban J connectivity index is 1.97. The second-order valence-corrected chi connectivity index (χ2v) is 5.68. The largest absolute Gasteiger partial charge is 0.354 e. The quantitative estimate of drug-likeness (QED) is 0.463. The number of rotatable bonds is 2. The van der Waals surface area contributed by atoms with Crippen molar-refractivity contribution in [1.82, 2.24) is 4.98 Å². The van der Waals surface area contributed by atoms with Crippen molar-refractivity contribution >= 4 is 44.8 Å². The van der Waals surface area contributed by atoms with Crippen LogP contribution in [0.4, 0.5) is 15.8 Å². The summed E-state index contributed by atoms with van der Waals surface area (Å²) in [7, 11) is 0. The number of nitrogens with zero attached hydrogens (tertiary/aromatic N) is 1. The number of aromatic nitrogens is 1. The molecule has 4 heteroatoms. The maximum Gasteiger partial charge on any atom is 0.141 e. The zero-order valence-electron chi connectivity index (χ0n) is 12.1. The van der Waals surface area contributed by atoms with Crippen LogP contribution < -0.4 is 5.32 Å². The summed E-state index contributed by atoms with van der Waals surface area (Å²) in [4.78, 5) is 4.69. The Morgan fingerprint density at radius 1 is 0.826 bits per heavy atom. The Bertz CT molecular complexity index is 976. The number of para-hydroxylation sites is 2. The summed E-state index contributed by atoms with van der Waals surface area (Å²) in [5.41, 5.74) is 3.48. The van der Waals surface area contributed by atoms with E-state index in [2.05, 4.69) is 10.3 Å². The van der Waals surface area contributed by atoms with Crippen molar-refractivity contribution in [3.05, 3.63) is 77.6 Å². The molecular formula is C19H12ClFN2. The first-order chi connectivity index (χ1) is 11.2. The molecule has 0 spiro atoms. The first-order valence-electron chi connectivity index (χ1n) is 7.22. The van der Waals surface area contributed by atoms with Gasteiger partial charge in [-0.15, -0.1) is 0 Å². The lowest BCUT2D eigenvalue weighted by atomic mass is 10.1. The highest BCUT2D eigenvalue weighted by molar-refractivity contribution is 6.31. The number of pyridine rings is 1. The first kappa shape index (κ1) is 14.0. The third-order valence-corrected chi connectivity index (χ3v) is 4.07. The molecule has 1 N–H and O–H groups in total. The highest BCUT2D eigenvalue weighted by Crippen LogP contribution is 2.33. The van der Waals surface area contributed by atoms with E-state index in [1.165, 1.54) is 6.07 Å². The van der Waals surface area contributed by atoms with Crippen LogP contribution in [0.3, 0.4) is 0 Å². The lowest BCUT2D eigenvalue weighted by molar-refractivity contribution is 0.628. The van der Waals surface area contributed by atoms with Gasteiger partial charge in [0.2, 0.25) is 0 Å². The van der Waals surface area contributed by atoms with Crippen molar-refractivity contribution in [2.75, 3.05) is 5.32 Å². The average Bonchev–Trinajstić information content (AvgIpc) is 2.58. The Labute approximate surface area is 137 Å². The number of hydrogen-bond donors (Lipinski definition) is 1. The molecule has 0 saturated heterocycles. The van der Waals surface area contributed by atoms with Gasteiger partial charge in [-0.1, -0.05) is 48.0 Å². The standard InChI is InChI=1S/C19H12ClFN2/c20-15-11-12(9-10-16(15)21)22-19-13-5-1-3-7-17(13)23-18-8-4-2-6-14(18)19/h1-11H,(H,22,23). The van der Waals surface area contributed by atoms with Crippen LogP contribution in [-0.4, -0.2) is 4.98 Å². The first-order valence-corrected chi connectivity index (χ1v) is 7.60. The van der Waals surface area contributed by atoms with Crippen molar-refractivity contribution in [2.24, 2.45) is 0 Å². The summed E-state index contributed by atoms with van der Waals surface area (Å²) in [6.45, 7) is 0. The number of nitrogens with one attached hydrogen (secondary N) is 1. The van der Waals surface area contributed by atoms with Gasteiger partial charge in [0, 0.05) is 16.5 Å². The van der Waals surface area contributed by atoms with E-state index in [4.69, 9.17) is 11.6 Å². The SMILES string of the molecule is Fc1ccc(Nc2c3ccccc3nc3ccccc23)cc1Cl. The molecule has 0 aliphatic rings. The van der Waals surface area contributed by atoms with Gasteiger partial charge < -0.3 is 5.32 Å². The molecule has 3 aromatic carbocycles. The van der Waals surface area contributed by atoms with E-state index in [-0.39, 0.29) is 5.02 Å². The van der Waals surface area contributed by atoms with Gasteiger partial charge in [-0.05, 0) is 30.3 Å². The van der Waals surface area contributed by atoms with Crippen LogP contribution in [0.25, 0.3) is 21.8 Å². The minimum Gasteiger partial charge on any atom is -0.354 e. The summed E-state index contributed by atoms with van der Waals surface area (Å²) in [6.07, 6.45) is 0. The molecule has 0 amide bonds. The summed E-state index contributed by atoms with van der Waals surface area (Å²) in [5, 5.41) is 5.47. The Hall–Kier alpha value is -2.65. The van der Waals surface area contributed by atoms with E-state index in [0.717, 1.165) is 33.2 Å². The number of benzene rings is 3. The van der Waals surface area contributed by atoms with Crippen LogP contribution in [-0.2, 0) is 0 Å². The zero-order valence-corrected chi connectivity index (χ0v) is 12.8. The topological polar surface area (TPSA) is 24.9 Å². The molecule has 112 valence electrons. The lowest BCUT2D eigenvalue weighted by Gasteiger charge is -2.13. The Morgan fingerprint density at radius 2 is 1.43 bits per heavy atom. The van der Waals surface area contributed by atoms with Gasteiger partial charge in [-0.25, -0.2) is 9.37 Å². The molecule has 4 aromatic rings. The van der Waals surface area contributed by atoms with Crippen molar-refractivity contribution in [3.8, 4) is 0 Å². The molecule has 2 nitrogen and oxygen atoms in total. The van der Waals surface area contributed by atoms with Crippen LogP contribution in [0.2, 0.25) is 5.02 Å². The highest BCUT2D eigenvalue weighted by Gasteiger charge is 2.09. The molecule has 4 rings (SSSR count). The van der Waals surface area contributed by atoms with Crippen LogP contribution in [0.1, 0.15) is 0 Å². The average molecular weight is 323 g/mol. The number of anilines is 2. The normalized spacial score (nSPS) is 11.0. The number of halogens is 2. The number of fused-ring (bicyclic) bond motifs is 2. The van der Waals surface area contributed by atoms with Crippen molar-refractivity contribution in [3.63, 3.8) is 0 Å². The third-order valence-electron chi connectivity index (χ3n) is 3.78. The molecule has 0 atom stereocenters. The second kappa shape index (κ2) is 5.52. The van der Waals surface area contributed by atoms with Gasteiger partial charge in [0.1, 0.15) is 5.82 Å². The fourth-order valence-corrected chi connectivity index (χ4v) is 2.87. The second-order valence-electron chi connectivity index (χ2n) is 5.27. The van der Waals surface area contributed by atoms with E-state index in [0.29, 0.717) is 0 Å². The predicted molar refractivity (Wildman–Crippen MR) is 93.9 cm³/mol. The van der Waals surface area contributed by atoms with Gasteiger partial charge in [0.25, 0.3) is 0 Å². The zero-order chi connectivity index (χ0) is 15.8. The van der Waals surface area contributed by atoms with E-state index < -0.39 is 5.82 Å². The maximum atomic E-state index is 13.4. The minimum absolute atomic E-state index is 0.0951. The minimum atomic E-state index is -0.429. The summed E-state index contributed by atoms with van der Waals surface area (Å²) >= 11 is 5.89. The Morgan fingerprint density at radius 3 is 2.04 bits per heavy atom. The van der Waals surface area contributed by atoms with Crippen molar-refractivity contribution in [2.45, 2.75) is 0 Å². The summed E-state index contributed by atoms with van der Waals surface area (Å²) in [6, 6.07) is 20.5. The van der Waals surface area contributed by atoms with Gasteiger partial charge in [0.05, 0.1) is 21.7 Å². The van der Waals surface area contributed by atoms with Crippen LogP contribution in [0, 0.1) is 5.82 Å². The van der Waals surface area contributed by atoms with Gasteiger partial charge >= 0.3 is 0 Å². The smallest absolute Gasteiger partial charge is 0.141 e. The molecule has 0 saturated carbocycles. The molecule has 0 aliphatic carbocycles. The van der Waals surface area contributed by atoms with E-state index in [1.807, 2.05) is 48.5 Å². The summed E-state index contributed by atoms with van der Waals surface area (Å²) < 4.78 is 13.4. The fraction of sp³-hybridized carbons (Fsp3) is 0. The molecule has 0 unspecified atom stereocenters. The molecule has 0 bridgehead atoms. The summed E-state index contributed by atoms with van der Waals surface area (Å²) in [5.74, 6) is -0.429. The monoisotopic (exact) mass is 322 g/mol. The van der Waals surface area contributed by atoms with E-state index in [1.54, 1.807) is 12.1 Å². The van der Waals surface area contributed by atoms with Gasteiger partial charge in [0.15, 0.2) is 0 Å². The van der Waals surface area contributed by atoms with Crippen molar-refractivity contribution < 1.29 is 4.39 Å². The Kier molecular flexibility index (Phi) is 3.36.